The zero-order chi connectivity index (χ0) is 13.9. The summed E-state index contributed by atoms with van der Waals surface area (Å²) in [6, 6.07) is 3.82. The Hall–Kier alpha value is -1.71. The van der Waals surface area contributed by atoms with E-state index < -0.39 is 0 Å². The number of nitrogens with zero attached hydrogens (tertiary/aromatic N) is 1. The highest BCUT2D eigenvalue weighted by atomic mass is 16.5. The van der Waals surface area contributed by atoms with E-state index in [1.54, 1.807) is 14.1 Å². The van der Waals surface area contributed by atoms with Gasteiger partial charge < -0.3 is 15.4 Å². The number of aryl methyl sites for hydroxylation is 1. The van der Waals surface area contributed by atoms with Gasteiger partial charge in [-0.15, -0.1) is 0 Å². The number of rotatable bonds is 4. The average Bonchev–Trinajstić information content (AvgIpc) is 2.29. The van der Waals surface area contributed by atoms with Gasteiger partial charge in [0.2, 0.25) is 0 Å². The molecule has 0 atom stereocenters. The molecular formula is C14H22N2O2. The van der Waals surface area contributed by atoms with Crippen LogP contribution in [0, 0.1) is 6.92 Å². The molecule has 0 aromatic heterocycles. The minimum absolute atomic E-state index is 0.0517. The molecule has 1 aromatic rings. The first-order valence-corrected chi connectivity index (χ1v) is 6.06. The number of carbonyl (C=O) groups is 1. The van der Waals surface area contributed by atoms with Crippen LogP contribution in [0.25, 0.3) is 0 Å². The Morgan fingerprint density at radius 1 is 1.39 bits per heavy atom. The zero-order valence-corrected chi connectivity index (χ0v) is 11.8. The summed E-state index contributed by atoms with van der Waals surface area (Å²) in [5, 5.41) is 0. The van der Waals surface area contributed by atoms with Crippen molar-refractivity contribution in [1.29, 1.82) is 0 Å². The molecule has 0 bridgehead atoms. The summed E-state index contributed by atoms with van der Waals surface area (Å²) < 4.78 is 5.61. The topological polar surface area (TPSA) is 55.6 Å². The first kappa shape index (κ1) is 14.4. The van der Waals surface area contributed by atoms with E-state index in [1.165, 1.54) is 4.90 Å². The predicted octanol–water partition coefficient (Wildman–Crippen LogP) is 2.17. The number of ether oxygens (including phenoxy) is 1. The van der Waals surface area contributed by atoms with Gasteiger partial charge in [-0.1, -0.05) is 13.8 Å². The zero-order valence-electron chi connectivity index (χ0n) is 11.8. The Balaban J connectivity index is 2.93. The fourth-order valence-electron chi connectivity index (χ4n) is 1.56. The lowest BCUT2D eigenvalue weighted by Crippen LogP contribution is -2.27. The van der Waals surface area contributed by atoms with Crippen molar-refractivity contribution in [2.24, 2.45) is 0 Å². The number of carbonyl (C=O) groups excluding carboxylic acids is 1. The third-order valence-corrected chi connectivity index (χ3v) is 2.87. The summed E-state index contributed by atoms with van der Waals surface area (Å²) in [5.41, 5.74) is 8.65. The molecule has 0 spiro atoms. The molecule has 0 radical (unpaired) electrons. The van der Waals surface area contributed by atoms with Crippen molar-refractivity contribution in [3.05, 3.63) is 23.3 Å². The van der Waals surface area contributed by atoms with E-state index in [2.05, 4.69) is 13.8 Å². The third-order valence-electron chi connectivity index (χ3n) is 2.87. The summed E-state index contributed by atoms with van der Waals surface area (Å²) in [4.78, 5) is 13.0. The normalized spacial score (nSPS) is 10.6. The number of nitrogens with two attached hydrogens (primary N) is 1. The molecule has 100 valence electrons. The molecule has 0 aliphatic rings. The molecule has 4 heteroatoms. The fraction of sp³-hybridized carbons (Fsp3) is 0.500. The maximum atomic E-state index is 11.5. The number of likely N-dealkylation sites (N-methyl/N-ethyl adjacent to an activating group) is 1. The molecule has 0 aliphatic carbocycles. The summed E-state index contributed by atoms with van der Waals surface area (Å²) in [7, 11) is 3.42. The van der Waals surface area contributed by atoms with Crippen LogP contribution in [-0.4, -0.2) is 31.5 Å². The molecule has 0 saturated heterocycles. The molecule has 4 nitrogen and oxygen atoms in total. The Labute approximate surface area is 109 Å². The number of anilines is 1. The lowest BCUT2D eigenvalue weighted by Gasteiger charge is -2.17. The minimum atomic E-state index is -0.0563. The monoisotopic (exact) mass is 250 g/mol. The third kappa shape index (κ3) is 3.39. The Kier molecular flexibility index (Phi) is 4.59. The summed E-state index contributed by atoms with van der Waals surface area (Å²) in [6.45, 7) is 6.13. The average molecular weight is 250 g/mol. The van der Waals surface area contributed by atoms with Gasteiger partial charge in [-0.25, -0.2) is 0 Å². The van der Waals surface area contributed by atoms with E-state index in [4.69, 9.17) is 10.5 Å². The van der Waals surface area contributed by atoms with Crippen molar-refractivity contribution in [3.63, 3.8) is 0 Å². The molecular weight excluding hydrogens is 228 g/mol. The van der Waals surface area contributed by atoms with Crippen molar-refractivity contribution in [1.82, 2.24) is 4.90 Å². The van der Waals surface area contributed by atoms with Gasteiger partial charge in [0, 0.05) is 19.8 Å². The number of hydrogen-bond acceptors (Lipinski definition) is 3. The first-order chi connectivity index (χ1) is 8.32. The van der Waals surface area contributed by atoms with Gasteiger partial charge in [0.05, 0.1) is 0 Å². The highest BCUT2D eigenvalue weighted by Crippen LogP contribution is 2.30. The molecule has 0 saturated carbocycles. The van der Waals surface area contributed by atoms with E-state index in [0.29, 0.717) is 5.92 Å². The highest BCUT2D eigenvalue weighted by molar-refractivity contribution is 5.77. The molecule has 2 N–H and O–H groups in total. The van der Waals surface area contributed by atoms with Crippen molar-refractivity contribution < 1.29 is 9.53 Å². The lowest BCUT2D eigenvalue weighted by atomic mass is 9.99. The van der Waals surface area contributed by atoms with Crippen LogP contribution in [0.4, 0.5) is 5.69 Å². The van der Waals surface area contributed by atoms with Crippen LogP contribution in [0.5, 0.6) is 5.75 Å². The number of benzene rings is 1. The van der Waals surface area contributed by atoms with Gasteiger partial charge in [0.1, 0.15) is 5.75 Å². The van der Waals surface area contributed by atoms with Crippen molar-refractivity contribution in [3.8, 4) is 5.75 Å². The van der Waals surface area contributed by atoms with Crippen molar-refractivity contribution in [2.75, 3.05) is 26.4 Å². The standard InChI is InChI=1S/C14H22N2O2/c1-9(2)11-7-12(15)10(3)6-13(11)18-8-14(17)16(4)5/h6-7,9H,8,15H2,1-5H3. The molecule has 18 heavy (non-hydrogen) atoms. The van der Waals surface area contributed by atoms with Gasteiger partial charge in [-0.3, -0.25) is 4.79 Å². The van der Waals surface area contributed by atoms with Gasteiger partial charge in [0.25, 0.3) is 5.91 Å². The van der Waals surface area contributed by atoms with Gasteiger partial charge in [0.15, 0.2) is 6.61 Å². The van der Waals surface area contributed by atoms with Crippen LogP contribution in [0.2, 0.25) is 0 Å². The molecule has 1 aromatic carbocycles. The second kappa shape index (κ2) is 5.76. The number of hydrogen-bond donors (Lipinski definition) is 1. The predicted molar refractivity (Wildman–Crippen MR) is 73.9 cm³/mol. The van der Waals surface area contributed by atoms with E-state index in [0.717, 1.165) is 22.6 Å². The Morgan fingerprint density at radius 2 is 2.00 bits per heavy atom. The molecule has 0 heterocycles. The quantitative estimate of drug-likeness (QED) is 0.833. The second-order valence-corrected chi connectivity index (χ2v) is 4.98. The van der Waals surface area contributed by atoms with Crippen molar-refractivity contribution in [2.45, 2.75) is 26.7 Å². The van der Waals surface area contributed by atoms with Gasteiger partial charge >= 0.3 is 0 Å². The molecule has 0 unspecified atom stereocenters. The van der Waals surface area contributed by atoms with Crippen LogP contribution in [0.1, 0.15) is 30.9 Å². The fourth-order valence-corrected chi connectivity index (χ4v) is 1.56. The van der Waals surface area contributed by atoms with Crippen LogP contribution in [0.3, 0.4) is 0 Å². The SMILES string of the molecule is Cc1cc(OCC(=O)N(C)C)c(C(C)C)cc1N. The van der Waals surface area contributed by atoms with E-state index in [1.807, 2.05) is 19.1 Å². The first-order valence-electron chi connectivity index (χ1n) is 6.06. The van der Waals surface area contributed by atoms with Crippen LogP contribution in [-0.2, 0) is 4.79 Å². The van der Waals surface area contributed by atoms with Gasteiger partial charge in [-0.2, -0.15) is 0 Å². The molecule has 1 rings (SSSR count). The maximum Gasteiger partial charge on any atom is 0.259 e. The van der Waals surface area contributed by atoms with E-state index in [-0.39, 0.29) is 12.5 Å². The van der Waals surface area contributed by atoms with E-state index >= 15 is 0 Å². The number of nitrogen functional groups attached to an aromatic ring is 1. The van der Waals surface area contributed by atoms with Crippen LogP contribution in [0.15, 0.2) is 12.1 Å². The second-order valence-electron chi connectivity index (χ2n) is 4.98. The molecule has 1 amide bonds. The highest BCUT2D eigenvalue weighted by Gasteiger charge is 2.12. The Morgan fingerprint density at radius 3 is 2.50 bits per heavy atom. The lowest BCUT2D eigenvalue weighted by molar-refractivity contribution is -0.130. The Bertz CT molecular complexity index is 440. The molecule has 0 fully saturated rings. The van der Waals surface area contributed by atoms with Crippen LogP contribution >= 0.6 is 0 Å². The van der Waals surface area contributed by atoms with Crippen LogP contribution < -0.4 is 10.5 Å². The van der Waals surface area contributed by atoms with Gasteiger partial charge in [-0.05, 0) is 36.1 Å². The minimum Gasteiger partial charge on any atom is -0.483 e. The largest absolute Gasteiger partial charge is 0.483 e. The van der Waals surface area contributed by atoms with Crippen molar-refractivity contribution >= 4 is 11.6 Å². The molecule has 0 aliphatic heterocycles. The number of amides is 1. The summed E-state index contributed by atoms with van der Waals surface area (Å²) in [5.74, 6) is 0.989. The summed E-state index contributed by atoms with van der Waals surface area (Å²) in [6.07, 6.45) is 0. The summed E-state index contributed by atoms with van der Waals surface area (Å²) >= 11 is 0. The smallest absolute Gasteiger partial charge is 0.259 e. The maximum absolute atomic E-state index is 11.5. The van der Waals surface area contributed by atoms with E-state index in [9.17, 15) is 4.79 Å².